The number of hydrogen-bond acceptors (Lipinski definition) is 4. The fourth-order valence-corrected chi connectivity index (χ4v) is 1.95. The number of benzene rings is 1. The van der Waals surface area contributed by atoms with Gasteiger partial charge < -0.3 is 10.4 Å². The van der Waals surface area contributed by atoms with Crippen LogP contribution in [0.15, 0.2) is 41.4 Å². The molecule has 0 fully saturated rings. The number of rotatable bonds is 3. The molecule has 1 heterocycles. The number of nitrogens with zero attached hydrogens (tertiary/aromatic N) is 1. The summed E-state index contributed by atoms with van der Waals surface area (Å²) in [5, 5.41) is 13.9. The number of thioether (sulfide) groups is 1. The fourth-order valence-electron chi connectivity index (χ4n) is 1.54. The van der Waals surface area contributed by atoms with E-state index < -0.39 is 0 Å². The Balaban J connectivity index is 2.31. The number of hydrogen-bond donors (Lipinski definition) is 2. The van der Waals surface area contributed by atoms with Crippen LogP contribution in [-0.2, 0) is 0 Å². The summed E-state index contributed by atoms with van der Waals surface area (Å²) in [7, 11) is 0. The lowest BCUT2D eigenvalue weighted by atomic mass is 10.2. The number of aryl methyl sites for hydroxylation is 1. The summed E-state index contributed by atoms with van der Waals surface area (Å²) in [5.74, 6) is 0.975. The highest BCUT2D eigenvalue weighted by molar-refractivity contribution is 7.98. The van der Waals surface area contributed by atoms with Crippen molar-refractivity contribution in [2.24, 2.45) is 0 Å². The Kier molecular flexibility index (Phi) is 3.54. The van der Waals surface area contributed by atoms with Crippen LogP contribution in [0.1, 0.15) is 5.56 Å². The zero-order chi connectivity index (χ0) is 12.3. The largest absolute Gasteiger partial charge is 0.506 e. The summed E-state index contributed by atoms with van der Waals surface area (Å²) in [6.45, 7) is 1.94. The topological polar surface area (TPSA) is 45.1 Å². The van der Waals surface area contributed by atoms with Gasteiger partial charge in [-0.25, -0.2) is 4.98 Å². The smallest absolute Gasteiger partial charge is 0.139 e. The van der Waals surface area contributed by atoms with Crippen molar-refractivity contribution >= 4 is 23.3 Å². The van der Waals surface area contributed by atoms with Gasteiger partial charge in [-0.1, -0.05) is 18.2 Å². The van der Waals surface area contributed by atoms with Crippen molar-refractivity contribution in [1.82, 2.24) is 4.98 Å². The SMILES string of the molecule is CSc1cccc(Nc2c(C)cccc2O)n1. The molecule has 2 aromatic rings. The number of pyridine rings is 1. The minimum atomic E-state index is 0.237. The molecule has 0 spiro atoms. The highest BCUT2D eigenvalue weighted by Crippen LogP contribution is 2.29. The molecule has 2 N–H and O–H groups in total. The third kappa shape index (κ3) is 2.71. The minimum Gasteiger partial charge on any atom is -0.506 e. The van der Waals surface area contributed by atoms with E-state index in [2.05, 4.69) is 10.3 Å². The van der Waals surface area contributed by atoms with Crippen molar-refractivity contribution in [2.75, 3.05) is 11.6 Å². The molecule has 17 heavy (non-hydrogen) atoms. The highest BCUT2D eigenvalue weighted by atomic mass is 32.2. The molecule has 0 unspecified atom stereocenters. The molecule has 0 radical (unpaired) electrons. The van der Waals surface area contributed by atoms with Gasteiger partial charge in [0.15, 0.2) is 0 Å². The summed E-state index contributed by atoms with van der Waals surface area (Å²) in [6, 6.07) is 11.2. The molecule has 88 valence electrons. The first kappa shape index (κ1) is 11.8. The first-order valence-electron chi connectivity index (χ1n) is 5.27. The third-order valence-electron chi connectivity index (χ3n) is 2.44. The molecule has 1 aromatic heterocycles. The van der Waals surface area contributed by atoms with Gasteiger partial charge >= 0.3 is 0 Å². The van der Waals surface area contributed by atoms with Crippen LogP contribution in [0.4, 0.5) is 11.5 Å². The summed E-state index contributed by atoms with van der Waals surface area (Å²) >= 11 is 1.59. The molecule has 0 aliphatic heterocycles. The maximum Gasteiger partial charge on any atom is 0.139 e. The van der Waals surface area contributed by atoms with Crippen molar-refractivity contribution in [1.29, 1.82) is 0 Å². The van der Waals surface area contributed by atoms with Crippen molar-refractivity contribution in [2.45, 2.75) is 11.9 Å². The van der Waals surface area contributed by atoms with E-state index in [0.29, 0.717) is 5.69 Å². The van der Waals surface area contributed by atoms with Gasteiger partial charge in [-0.05, 0) is 36.9 Å². The zero-order valence-electron chi connectivity index (χ0n) is 9.77. The van der Waals surface area contributed by atoms with Crippen LogP contribution in [-0.4, -0.2) is 16.3 Å². The van der Waals surface area contributed by atoms with Crippen molar-refractivity contribution < 1.29 is 5.11 Å². The van der Waals surface area contributed by atoms with Gasteiger partial charge in [0.1, 0.15) is 11.6 Å². The first-order chi connectivity index (χ1) is 8.20. The Morgan fingerprint density at radius 2 is 1.94 bits per heavy atom. The van der Waals surface area contributed by atoms with Crippen LogP contribution in [0.5, 0.6) is 5.75 Å². The predicted molar refractivity (Wildman–Crippen MR) is 72.1 cm³/mol. The lowest BCUT2D eigenvalue weighted by molar-refractivity contribution is 0.477. The van der Waals surface area contributed by atoms with E-state index in [1.165, 1.54) is 0 Å². The van der Waals surface area contributed by atoms with Gasteiger partial charge in [0.25, 0.3) is 0 Å². The standard InChI is InChI=1S/C13H14N2OS/c1-9-5-3-6-10(16)13(9)15-11-7-4-8-12(14-11)17-2/h3-8,16H,1-2H3,(H,14,15). The second-order valence-electron chi connectivity index (χ2n) is 3.66. The molecule has 1 aromatic carbocycles. The lowest BCUT2D eigenvalue weighted by Gasteiger charge is -2.11. The molecule has 0 aliphatic carbocycles. The van der Waals surface area contributed by atoms with Crippen LogP contribution < -0.4 is 5.32 Å². The second kappa shape index (κ2) is 5.10. The van der Waals surface area contributed by atoms with Gasteiger partial charge in [0.2, 0.25) is 0 Å². The van der Waals surface area contributed by atoms with Gasteiger partial charge in [-0.3, -0.25) is 0 Å². The van der Waals surface area contributed by atoms with Crippen LogP contribution in [0, 0.1) is 6.92 Å². The number of para-hydroxylation sites is 1. The maximum atomic E-state index is 9.78. The Morgan fingerprint density at radius 3 is 2.65 bits per heavy atom. The molecule has 3 nitrogen and oxygen atoms in total. The number of phenols is 1. The predicted octanol–water partition coefficient (Wildman–Crippen LogP) is 3.56. The molecule has 0 saturated heterocycles. The van der Waals surface area contributed by atoms with E-state index in [-0.39, 0.29) is 5.75 Å². The molecule has 2 rings (SSSR count). The van der Waals surface area contributed by atoms with Gasteiger partial charge in [0.05, 0.1) is 10.7 Å². The molecular formula is C13H14N2OS. The minimum absolute atomic E-state index is 0.237. The van der Waals surface area contributed by atoms with Crippen LogP contribution in [0.2, 0.25) is 0 Å². The Bertz CT molecular complexity index is 508. The monoisotopic (exact) mass is 246 g/mol. The Morgan fingerprint density at radius 1 is 1.18 bits per heavy atom. The van der Waals surface area contributed by atoms with Crippen LogP contribution >= 0.6 is 11.8 Å². The summed E-state index contributed by atoms with van der Waals surface area (Å²) < 4.78 is 0. The highest BCUT2D eigenvalue weighted by Gasteiger charge is 2.05. The number of phenolic OH excluding ortho intramolecular Hbond substituents is 1. The Hall–Kier alpha value is -1.68. The average molecular weight is 246 g/mol. The summed E-state index contributed by atoms with van der Waals surface area (Å²) in [6.07, 6.45) is 1.98. The zero-order valence-corrected chi connectivity index (χ0v) is 10.6. The van der Waals surface area contributed by atoms with Gasteiger partial charge in [0, 0.05) is 0 Å². The second-order valence-corrected chi connectivity index (χ2v) is 4.49. The lowest BCUT2D eigenvalue weighted by Crippen LogP contribution is -1.96. The first-order valence-corrected chi connectivity index (χ1v) is 6.50. The molecule has 0 amide bonds. The summed E-state index contributed by atoms with van der Waals surface area (Å²) in [4.78, 5) is 4.41. The van der Waals surface area contributed by atoms with Crippen molar-refractivity contribution in [3.05, 3.63) is 42.0 Å². The van der Waals surface area contributed by atoms with E-state index in [1.807, 2.05) is 43.5 Å². The van der Waals surface area contributed by atoms with E-state index in [9.17, 15) is 5.11 Å². The van der Waals surface area contributed by atoms with Crippen molar-refractivity contribution in [3.8, 4) is 5.75 Å². The van der Waals surface area contributed by atoms with Crippen molar-refractivity contribution in [3.63, 3.8) is 0 Å². The van der Waals surface area contributed by atoms with E-state index in [0.717, 1.165) is 16.4 Å². The quantitative estimate of drug-likeness (QED) is 0.642. The molecule has 0 atom stereocenters. The van der Waals surface area contributed by atoms with Crippen LogP contribution in [0.25, 0.3) is 0 Å². The van der Waals surface area contributed by atoms with E-state index >= 15 is 0 Å². The molecule has 0 aliphatic rings. The molecule has 0 bridgehead atoms. The molecular weight excluding hydrogens is 232 g/mol. The number of aromatic hydroxyl groups is 1. The fraction of sp³-hybridized carbons (Fsp3) is 0.154. The number of anilines is 2. The molecule has 0 saturated carbocycles. The third-order valence-corrected chi connectivity index (χ3v) is 3.08. The van der Waals surface area contributed by atoms with E-state index in [1.54, 1.807) is 17.8 Å². The van der Waals surface area contributed by atoms with Gasteiger partial charge in [-0.2, -0.15) is 0 Å². The Labute approximate surface area is 105 Å². The van der Waals surface area contributed by atoms with Gasteiger partial charge in [-0.15, -0.1) is 11.8 Å². The maximum absolute atomic E-state index is 9.78. The summed E-state index contributed by atoms with van der Waals surface area (Å²) in [5.41, 5.74) is 1.69. The van der Waals surface area contributed by atoms with Crippen LogP contribution in [0.3, 0.4) is 0 Å². The number of aromatic nitrogens is 1. The normalized spacial score (nSPS) is 10.2. The number of nitrogens with one attached hydrogen (secondary N) is 1. The van der Waals surface area contributed by atoms with E-state index in [4.69, 9.17) is 0 Å². The molecule has 4 heteroatoms. The average Bonchev–Trinajstić information content (AvgIpc) is 2.34.